The summed E-state index contributed by atoms with van der Waals surface area (Å²) in [7, 11) is 0. The molecule has 114 valence electrons. The second-order valence-electron chi connectivity index (χ2n) is 5.72. The van der Waals surface area contributed by atoms with Gasteiger partial charge in [-0.05, 0) is 43.4 Å². The SMILES string of the molecule is CCC(CC1CC1)NC(=O)Nc1cc(C(=O)O)ccc1C. The van der Waals surface area contributed by atoms with Gasteiger partial charge in [0.1, 0.15) is 0 Å². The van der Waals surface area contributed by atoms with E-state index in [1.807, 2.05) is 6.92 Å². The molecule has 3 N–H and O–H groups in total. The fourth-order valence-corrected chi connectivity index (χ4v) is 2.32. The summed E-state index contributed by atoms with van der Waals surface area (Å²) in [6.07, 6.45) is 4.45. The van der Waals surface area contributed by atoms with Gasteiger partial charge in [-0.25, -0.2) is 9.59 Å². The molecule has 1 unspecified atom stereocenters. The van der Waals surface area contributed by atoms with Crippen LogP contribution in [0.25, 0.3) is 0 Å². The van der Waals surface area contributed by atoms with Crippen LogP contribution >= 0.6 is 0 Å². The Bertz CT molecular complexity index is 538. The number of carbonyl (C=O) groups excluding carboxylic acids is 1. The van der Waals surface area contributed by atoms with E-state index in [0.717, 1.165) is 24.3 Å². The highest BCUT2D eigenvalue weighted by Crippen LogP contribution is 2.34. The summed E-state index contributed by atoms with van der Waals surface area (Å²) in [5.74, 6) is -0.244. The zero-order valence-corrected chi connectivity index (χ0v) is 12.5. The van der Waals surface area contributed by atoms with Gasteiger partial charge in [0.15, 0.2) is 0 Å². The first-order valence-corrected chi connectivity index (χ1v) is 7.41. The molecule has 21 heavy (non-hydrogen) atoms. The largest absolute Gasteiger partial charge is 0.478 e. The molecule has 1 fully saturated rings. The van der Waals surface area contributed by atoms with Crippen molar-refractivity contribution < 1.29 is 14.7 Å². The molecule has 0 bridgehead atoms. The predicted molar refractivity (Wildman–Crippen MR) is 81.7 cm³/mol. The Kier molecular flexibility index (Phi) is 4.83. The Balaban J connectivity index is 1.97. The van der Waals surface area contributed by atoms with Gasteiger partial charge in [0.25, 0.3) is 0 Å². The topological polar surface area (TPSA) is 78.4 Å². The third kappa shape index (κ3) is 4.48. The minimum atomic E-state index is -1.00. The Morgan fingerprint density at radius 2 is 2.10 bits per heavy atom. The van der Waals surface area contributed by atoms with Crippen molar-refractivity contribution in [1.29, 1.82) is 0 Å². The highest BCUT2D eigenvalue weighted by molar-refractivity contribution is 5.94. The van der Waals surface area contributed by atoms with E-state index in [2.05, 4.69) is 17.6 Å². The number of benzene rings is 1. The minimum Gasteiger partial charge on any atom is -0.478 e. The summed E-state index contributed by atoms with van der Waals surface area (Å²) in [4.78, 5) is 23.0. The lowest BCUT2D eigenvalue weighted by molar-refractivity contribution is 0.0697. The number of anilines is 1. The number of carbonyl (C=O) groups is 2. The summed E-state index contributed by atoms with van der Waals surface area (Å²) in [5.41, 5.74) is 1.54. The number of aromatic carboxylic acids is 1. The number of amides is 2. The molecule has 0 spiro atoms. The standard InChI is InChI=1S/C16H22N2O3/c1-3-13(8-11-5-6-11)17-16(21)18-14-9-12(15(19)20)7-4-10(14)2/h4,7,9,11,13H,3,5-6,8H2,1-2H3,(H,19,20)(H2,17,18,21). The predicted octanol–water partition coefficient (Wildman–Crippen LogP) is 3.39. The number of rotatable bonds is 6. The molecule has 5 nitrogen and oxygen atoms in total. The molecular formula is C16H22N2O3. The van der Waals surface area contributed by atoms with Crippen molar-refractivity contribution in [2.24, 2.45) is 5.92 Å². The van der Waals surface area contributed by atoms with Crippen LogP contribution in [0.1, 0.15) is 48.5 Å². The van der Waals surface area contributed by atoms with Crippen molar-refractivity contribution in [3.63, 3.8) is 0 Å². The van der Waals surface area contributed by atoms with Crippen LogP contribution in [0.3, 0.4) is 0 Å². The number of aryl methyl sites for hydroxylation is 1. The normalized spacial score (nSPS) is 15.3. The monoisotopic (exact) mass is 290 g/mol. The number of hydrogen-bond donors (Lipinski definition) is 3. The van der Waals surface area contributed by atoms with Crippen LogP contribution in [-0.4, -0.2) is 23.1 Å². The molecule has 1 aromatic rings. The van der Waals surface area contributed by atoms with Crippen molar-refractivity contribution in [2.45, 2.75) is 45.6 Å². The molecule has 1 atom stereocenters. The minimum absolute atomic E-state index is 0.168. The second kappa shape index (κ2) is 6.61. The number of nitrogens with one attached hydrogen (secondary N) is 2. The van der Waals surface area contributed by atoms with Gasteiger partial charge >= 0.3 is 12.0 Å². The van der Waals surface area contributed by atoms with E-state index >= 15 is 0 Å². The molecule has 5 heteroatoms. The zero-order chi connectivity index (χ0) is 15.4. The summed E-state index contributed by atoms with van der Waals surface area (Å²) in [5, 5.41) is 14.7. The Labute approximate surface area is 124 Å². The Morgan fingerprint density at radius 1 is 1.38 bits per heavy atom. The first-order valence-electron chi connectivity index (χ1n) is 7.41. The molecule has 1 aliphatic carbocycles. The molecule has 0 radical (unpaired) electrons. The lowest BCUT2D eigenvalue weighted by Crippen LogP contribution is -2.38. The maximum Gasteiger partial charge on any atom is 0.335 e. The van der Waals surface area contributed by atoms with Crippen LogP contribution < -0.4 is 10.6 Å². The number of carboxylic acid groups (broad SMARTS) is 1. The lowest BCUT2D eigenvalue weighted by atomic mass is 10.1. The molecule has 0 aliphatic heterocycles. The average molecular weight is 290 g/mol. The highest BCUT2D eigenvalue weighted by atomic mass is 16.4. The van der Waals surface area contributed by atoms with Gasteiger partial charge in [-0.15, -0.1) is 0 Å². The molecule has 0 heterocycles. The van der Waals surface area contributed by atoms with Gasteiger partial charge < -0.3 is 15.7 Å². The zero-order valence-electron chi connectivity index (χ0n) is 12.5. The van der Waals surface area contributed by atoms with E-state index in [9.17, 15) is 9.59 Å². The maximum atomic E-state index is 12.0. The summed E-state index contributed by atoms with van der Waals surface area (Å²) in [6.45, 7) is 3.90. The van der Waals surface area contributed by atoms with Crippen LogP contribution in [0.4, 0.5) is 10.5 Å². The number of urea groups is 1. The smallest absolute Gasteiger partial charge is 0.335 e. The van der Waals surface area contributed by atoms with E-state index in [1.165, 1.54) is 25.0 Å². The fourth-order valence-electron chi connectivity index (χ4n) is 2.32. The van der Waals surface area contributed by atoms with Gasteiger partial charge in [-0.3, -0.25) is 0 Å². The quantitative estimate of drug-likeness (QED) is 0.751. The Hall–Kier alpha value is -2.04. The summed E-state index contributed by atoms with van der Waals surface area (Å²) >= 11 is 0. The third-order valence-electron chi connectivity index (χ3n) is 3.88. The molecule has 2 amide bonds. The van der Waals surface area contributed by atoms with Crippen LogP contribution in [0, 0.1) is 12.8 Å². The lowest BCUT2D eigenvalue weighted by Gasteiger charge is -2.18. The summed E-state index contributed by atoms with van der Waals surface area (Å²) in [6, 6.07) is 4.62. The fraction of sp³-hybridized carbons (Fsp3) is 0.500. The van der Waals surface area contributed by atoms with Crippen LogP contribution in [0.5, 0.6) is 0 Å². The Morgan fingerprint density at radius 3 is 2.67 bits per heavy atom. The van der Waals surface area contributed by atoms with E-state index in [0.29, 0.717) is 5.69 Å². The van der Waals surface area contributed by atoms with Gasteiger partial charge in [0, 0.05) is 11.7 Å². The molecule has 0 aromatic heterocycles. The van der Waals surface area contributed by atoms with Crippen molar-refractivity contribution in [3.05, 3.63) is 29.3 Å². The first-order chi connectivity index (χ1) is 9.99. The molecular weight excluding hydrogens is 268 g/mol. The third-order valence-corrected chi connectivity index (χ3v) is 3.88. The van der Waals surface area contributed by atoms with Gasteiger partial charge in [0.2, 0.25) is 0 Å². The van der Waals surface area contributed by atoms with Crippen molar-refractivity contribution in [2.75, 3.05) is 5.32 Å². The van der Waals surface area contributed by atoms with E-state index in [4.69, 9.17) is 5.11 Å². The average Bonchev–Trinajstić information content (AvgIpc) is 3.24. The second-order valence-corrected chi connectivity index (χ2v) is 5.72. The molecule has 1 saturated carbocycles. The van der Waals surface area contributed by atoms with E-state index in [1.54, 1.807) is 6.07 Å². The van der Waals surface area contributed by atoms with Gasteiger partial charge in [-0.1, -0.05) is 25.8 Å². The van der Waals surface area contributed by atoms with Crippen molar-refractivity contribution >= 4 is 17.7 Å². The number of carboxylic acids is 1. The van der Waals surface area contributed by atoms with Gasteiger partial charge in [0.05, 0.1) is 5.56 Å². The molecule has 0 saturated heterocycles. The van der Waals surface area contributed by atoms with Gasteiger partial charge in [-0.2, -0.15) is 0 Å². The van der Waals surface area contributed by atoms with Crippen molar-refractivity contribution in [1.82, 2.24) is 5.32 Å². The molecule has 1 aliphatic rings. The van der Waals surface area contributed by atoms with E-state index in [-0.39, 0.29) is 17.6 Å². The van der Waals surface area contributed by atoms with Crippen molar-refractivity contribution in [3.8, 4) is 0 Å². The molecule has 2 rings (SSSR count). The number of hydrogen-bond acceptors (Lipinski definition) is 2. The highest BCUT2D eigenvalue weighted by Gasteiger charge is 2.25. The summed E-state index contributed by atoms with van der Waals surface area (Å²) < 4.78 is 0. The van der Waals surface area contributed by atoms with Crippen LogP contribution in [0.2, 0.25) is 0 Å². The van der Waals surface area contributed by atoms with E-state index < -0.39 is 5.97 Å². The van der Waals surface area contributed by atoms with Crippen LogP contribution in [-0.2, 0) is 0 Å². The van der Waals surface area contributed by atoms with Crippen LogP contribution in [0.15, 0.2) is 18.2 Å². The maximum absolute atomic E-state index is 12.0. The molecule has 1 aromatic carbocycles. The first kappa shape index (κ1) is 15.4.